The zero-order valence-corrected chi connectivity index (χ0v) is 16.4. The lowest BCUT2D eigenvalue weighted by molar-refractivity contribution is -0.144. The maximum Gasteiger partial charge on any atom is 0.416 e. The lowest BCUT2D eigenvalue weighted by Gasteiger charge is -2.22. The van der Waals surface area contributed by atoms with Crippen molar-refractivity contribution in [3.05, 3.63) is 59.9 Å². The third-order valence-electron chi connectivity index (χ3n) is 4.61. The molecular weight excluding hydrogens is 430 g/mol. The third-order valence-corrected chi connectivity index (χ3v) is 6.50. The van der Waals surface area contributed by atoms with E-state index in [1.165, 1.54) is 24.3 Å². The zero-order valence-electron chi connectivity index (χ0n) is 15.6. The molecular formula is C19H17F4NO5S. The molecule has 0 spiro atoms. The third kappa shape index (κ3) is 4.41. The molecule has 1 fully saturated rings. The van der Waals surface area contributed by atoms with Crippen LogP contribution in [-0.4, -0.2) is 44.5 Å². The van der Waals surface area contributed by atoms with Crippen LogP contribution in [0.15, 0.2) is 53.4 Å². The fourth-order valence-corrected chi connectivity index (χ4v) is 4.76. The number of ether oxygens (including phenoxy) is 2. The predicted octanol–water partition coefficient (Wildman–Crippen LogP) is 3.23. The van der Waals surface area contributed by atoms with E-state index in [1.54, 1.807) is 0 Å². The molecule has 1 heterocycles. The molecule has 1 aliphatic rings. The van der Waals surface area contributed by atoms with Crippen LogP contribution in [0, 0.1) is 5.82 Å². The van der Waals surface area contributed by atoms with Gasteiger partial charge in [-0.1, -0.05) is 12.1 Å². The topological polar surface area (TPSA) is 72.9 Å². The highest BCUT2D eigenvalue weighted by molar-refractivity contribution is 7.89. The Morgan fingerprint density at radius 1 is 1.10 bits per heavy atom. The molecule has 0 radical (unpaired) electrons. The summed E-state index contributed by atoms with van der Waals surface area (Å²) < 4.78 is 89.1. The number of rotatable bonds is 5. The summed E-state index contributed by atoms with van der Waals surface area (Å²) in [6, 6.07) is 7.16. The lowest BCUT2D eigenvalue weighted by Crippen LogP contribution is -2.41. The van der Waals surface area contributed by atoms with Crippen molar-refractivity contribution in [1.82, 2.24) is 4.31 Å². The first kappa shape index (κ1) is 22.0. The highest BCUT2D eigenvalue weighted by atomic mass is 32.2. The van der Waals surface area contributed by atoms with Crippen LogP contribution in [0.25, 0.3) is 0 Å². The van der Waals surface area contributed by atoms with Gasteiger partial charge >= 0.3 is 12.1 Å². The van der Waals surface area contributed by atoms with Gasteiger partial charge in [0.2, 0.25) is 10.0 Å². The number of hydrogen-bond acceptors (Lipinski definition) is 5. The van der Waals surface area contributed by atoms with E-state index in [2.05, 4.69) is 4.74 Å². The fourth-order valence-electron chi connectivity index (χ4n) is 3.14. The first-order valence-electron chi connectivity index (χ1n) is 8.72. The van der Waals surface area contributed by atoms with Gasteiger partial charge < -0.3 is 9.47 Å². The molecule has 0 amide bonds. The van der Waals surface area contributed by atoms with Crippen LogP contribution in [-0.2, 0) is 25.7 Å². The molecule has 30 heavy (non-hydrogen) atoms. The van der Waals surface area contributed by atoms with Crippen LogP contribution < -0.4 is 4.74 Å². The summed E-state index contributed by atoms with van der Waals surface area (Å²) in [6.07, 6.45) is -5.60. The zero-order chi connectivity index (χ0) is 22.1. The minimum atomic E-state index is -4.62. The van der Waals surface area contributed by atoms with Gasteiger partial charge in [-0.25, -0.2) is 12.8 Å². The summed E-state index contributed by atoms with van der Waals surface area (Å²) in [5, 5.41) is 0. The first-order valence-corrected chi connectivity index (χ1v) is 10.2. The van der Waals surface area contributed by atoms with Crippen molar-refractivity contribution >= 4 is 16.0 Å². The number of halogens is 4. The van der Waals surface area contributed by atoms with E-state index in [9.17, 15) is 30.8 Å². The number of sulfonamides is 1. The average molecular weight is 447 g/mol. The van der Waals surface area contributed by atoms with Crippen molar-refractivity contribution in [1.29, 1.82) is 0 Å². The number of carbonyl (C=O) groups excluding carboxylic acids is 1. The minimum Gasteiger partial charge on any atom is -0.486 e. The second-order valence-corrected chi connectivity index (χ2v) is 8.43. The Labute approximate surface area is 170 Å². The maximum atomic E-state index is 13.9. The number of benzene rings is 2. The van der Waals surface area contributed by atoms with Crippen LogP contribution in [0.1, 0.15) is 12.0 Å². The molecule has 1 aliphatic heterocycles. The standard InChI is InChI=1S/C19H17F4NO5S/c1-28-18(25)16-10-13(29-17-5-3-2-4-15(17)20)11-24(16)30(26,27)14-8-6-12(7-9-14)19(21,22)23/h2-9,13,16H,10-11H2,1H3. The minimum absolute atomic E-state index is 0.110. The molecule has 2 atom stereocenters. The van der Waals surface area contributed by atoms with E-state index in [1.807, 2.05) is 0 Å². The Kier molecular flexibility index (Phi) is 6.04. The number of nitrogens with zero attached hydrogens (tertiary/aromatic N) is 1. The van der Waals surface area contributed by atoms with Crippen LogP contribution >= 0.6 is 0 Å². The van der Waals surface area contributed by atoms with E-state index >= 15 is 0 Å². The van der Waals surface area contributed by atoms with Gasteiger partial charge in [-0.05, 0) is 36.4 Å². The summed E-state index contributed by atoms with van der Waals surface area (Å²) in [5.74, 6) is -1.62. The van der Waals surface area contributed by atoms with Gasteiger partial charge in [0.1, 0.15) is 12.1 Å². The van der Waals surface area contributed by atoms with E-state index < -0.39 is 50.6 Å². The van der Waals surface area contributed by atoms with Crippen molar-refractivity contribution in [3.8, 4) is 5.75 Å². The van der Waals surface area contributed by atoms with Crippen molar-refractivity contribution in [2.45, 2.75) is 29.6 Å². The summed E-state index contributed by atoms with van der Waals surface area (Å²) >= 11 is 0. The molecule has 2 aromatic carbocycles. The molecule has 6 nitrogen and oxygen atoms in total. The molecule has 0 N–H and O–H groups in total. The van der Waals surface area contributed by atoms with Gasteiger partial charge in [-0.3, -0.25) is 4.79 Å². The highest BCUT2D eigenvalue weighted by Crippen LogP contribution is 2.33. The number of alkyl halides is 3. The average Bonchev–Trinajstić information content (AvgIpc) is 3.13. The molecule has 0 bridgehead atoms. The van der Waals surface area contributed by atoms with Gasteiger partial charge in [0.25, 0.3) is 0 Å². The lowest BCUT2D eigenvalue weighted by atomic mass is 10.2. The normalized spacial score (nSPS) is 20.2. The van der Waals surface area contributed by atoms with Gasteiger partial charge in [0, 0.05) is 6.42 Å². The summed E-state index contributed by atoms with van der Waals surface area (Å²) in [6.45, 7) is -0.308. The summed E-state index contributed by atoms with van der Waals surface area (Å²) in [4.78, 5) is 11.7. The number of carbonyl (C=O) groups is 1. The van der Waals surface area contributed by atoms with Gasteiger partial charge in [-0.2, -0.15) is 17.5 Å². The second kappa shape index (κ2) is 8.23. The molecule has 3 rings (SSSR count). The molecule has 162 valence electrons. The van der Waals surface area contributed by atoms with Crippen molar-refractivity contribution in [2.24, 2.45) is 0 Å². The van der Waals surface area contributed by atoms with Crippen molar-refractivity contribution in [2.75, 3.05) is 13.7 Å². The number of para-hydroxylation sites is 1. The van der Waals surface area contributed by atoms with E-state index in [4.69, 9.17) is 4.74 Å². The Hall–Kier alpha value is -2.66. The first-order chi connectivity index (χ1) is 14.0. The quantitative estimate of drug-likeness (QED) is 0.520. The number of methoxy groups -OCH3 is 1. The van der Waals surface area contributed by atoms with Gasteiger partial charge in [-0.15, -0.1) is 0 Å². The van der Waals surface area contributed by atoms with E-state index in [-0.39, 0.29) is 18.7 Å². The Bertz CT molecular complexity index is 1020. The molecule has 0 aromatic heterocycles. The van der Waals surface area contributed by atoms with Crippen LogP contribution in [0.5, 0.6) is 5.75 Å². The van der Waals surface area contributed by atoms with E-state index in [0.29, 0.717) is 12.1 Å². The van der Waals surface area contributed by atoms with E-state index in [0.717, 1.165) is 23.5 Å². The number of esters is 1. The Morgan fingerprint density at radius 3 is 2.30 bits per heavy atom. The van der Waals surface area contributed by atoms with Gasteiger partial charge in [0.15, 0.2) is 11.6 Å². The van der Waals surface area contributed by atoms with Crippen LogP contribution in [0.4, 0.5) is 17.6 Å². The molecule has 1 saturated heterocycles. The molecule has 2 unspecified atom stereocenters. The highest BCUT2D eigenvalue weighted by Gasteiger charge is 2.46. The summed E-state index contributed by atoms with van der Waals surface area (Å²) in [7, 11) is -3.27. The largest absolute Gasteiger partial charge is 0.486 e. The smallest absolute Gasteiger partial charge is 0.416 e. The van der Waals surface area contributed by atoms with Crippen LogP contribution in [0.2, 0.25) is 0 Å². The fraction of sp³-hybridized carbons (Fsp3) is 0.316. The van der Waals surface area contributed by atoms with Gasteiger partial charge in [0.05, 0.1) is 24.1 Å². The monoisotopic (exact) mass is 447 g/mol. The van der Waals surface area contributed by atoms with Crippen LogP contribution in [0.3, 0.4) is 0 Å². The number of hydrogen-bond donors (Lipinski definition) is 0. The van der Waals surface area contributed by atoms with Crippen molar-refractivity contribution < 1.29 is 40.2 Å². The molecule has 2 aromatic rings. The second-order valence-electron chi connectivity index (χ2n) is 6.54. The Morgan fingerprint density at radius 2 is 1.73 bits per heavy atom. The SMILES string of the molecule is COC(=O)C1CC(Oc2ccccc2F)CN1S(=O)(=O)c1ccc(C(F)(F)F)cc1. The maximum absolute atomic E-state index is 13.9. The molecule has 0 aliphatic carbocycles. The molecule has 11 heteroatoms. The molecule has 0 saturated carbocycles. The predicted molar refractivity (Wildman–Crippen MR) is 96.6 cm³/mol. The Balaban J connectivity index is 1.89. The summed E-state index contributed by atoms with van der Waals surface area (Å²) in [5.41, 5.74) is -1.01. The van der Waals surface area contributed by atoms with Crippen molar-refractivity contribution in [3.63, 3.8) is 0 Å².